The molecule has 3 N–H and O–H groups in total. The summed E-state index contributed by atoms with van der Waals surface area (Å²) in [5, 5.41) is 17.2. The molecule has 1 aromatic heterocycles. The van der Waals surface area contributed by atoms with Crippen LogP contribution in [0.2, 0.25) is 0 Å². The molecule has 1 saturated carbocycles. The first-order valence-electron chi connectivity index (χ1n) is 12.3. The number of nitrogens with one attached hydrogen (secondary N) is 3. The highest BCUT2D eigenvalue weighted by atomic mass is 19.4. The number of nitrogens with zero attached hydrogens (tertiary/aromatic N) is 4. The fraction of sp³-hybridized carbons (Fsp3) is 0.385. The summed E-state index contributed by atoms with van der Waals surface area (Å²) in [7, 11) is 0. The molecule has 5 rings (SSSR count). The van der Waals surface area contributed by atoms with Crippen LogP contribution in [0, 0.1) is 5.92 Å². The van der Waals surface area contributed by atoms with Gasteiger partial charge in [-0.1, -0.05) is 31.2 Å². The van der Waals surface area contributed by atoms with Crippen LogP contribution in [0.1, 0.15) is 49.9 Å². The van der Waals surface area contributed by atoms with Crippen molar-refractivity contribution in [2.45, 2.75) is 51.9 Å². The van der Waals surface area contributed by atoms with Gasteiger partial charge in [0.2, 0.25) is 5.91 Å². The molecule has 0 atom stereocenters. The van der Waals surface area contributed by atoms with Gasteiger partial charge in [0.1, 0.15) is 0 Å². The summed E-state index contributed by atoms with van der Waals surface area (Å²) in [4.78, 5) is 17.3. The van der Waals surface area contributed by atoms with Gasteiger partial charge in [-0.3, -0.25) is 9.79 Å². The van der Waals surface area contributed by atoms with Crippen molar-refractivity contribution in [1.29, 1.82) is 0 Å². The molecular weight excluding hydrogens is 483 g/mol. The Morgan fingerprint density at radius 2 is 2.00 bits per heavy atom. The van der Waals surface area contributed by atoms with E-state index in [2.05, 4.69) is 31.3 Å². The van der Waals surface area contributed by atoms with Crippen LogP contribution in [-0.2, 0) is 17.5 Å². The van der Waals surface area contributed by atoms with E-state index < -0.39 is 17.6 Å². The molecule has 0 bridgehead atoms. The van der Waals surface area contributed by atoms with Crippen LogP contribution in [0.5, 0.6) is 0 Å². The number of fused-ring (bicyclic) bond motifs is 1. The van der Waals surface area contributed by atoms with Crippen molar-refractivity contribution in [3.8, 4) is 5.69 Å². The Kier molecular flexibility index (Phi) is 6.72. The summed E-state index contributed by atoms with van der Waals surface area (Å²) >= 11 is 0. The van der Waals surface area contributed by atoms with E-state index in [-0.39, 0.29) is 29.4 Å². The standard InChI is InChI=1S/C26H28F3N7O/c1-15(2)12-31-22-10-24-23(9-20(22)26(27,28)29)34-25(37)11-21(33-24)16-4-3-5-18(8-16)36-19(14-32-35-36)13-30-17-6-7-17/h3-5,8-10,14-15,17,30-31H,6-7,11-13H2,1-2H3,(H,34,37). The highest BCUT2D eigenvalue weighted by Gasteiger charge is 2.35. The summed E-state index contributed by atoms with van der Waals surface area (Å²) in [6, 6.07) is 10.2. The number of hydrogen-bond donors (Lipinski definition) is 3. The van der Waals surface area contributed by atoms with E-state index >= 15 is 0 Å². The van der Waals surface area contributed by atoms with Crippen LogP contribution in [0.3, 0.4) is 0 Å². The van der Waals surface area contributed by atoms with Crippen molar-refractivity contribution in [3.05, 3.63) is 59.4 Å². The van der Waals surface area contributed by atoms with E-state index in [0.29, 0.717) is 30.4 Å². The number of rotatable bonds is 8. The Bertz CT molecular complexity index is 1340. The summed E-state index contributed by atoms with van der Waals surface area (Å²) in [5.41, 5.74) is 2.16. The number of benzene rings is 2. The quantitative estimate of drug-likeness (QED) is 0.393. The molecule has 1 amide bonds. The van der Waals surface area contributed by atoms with E-state index in [1.54, 1.807) is 10.9 Å². The van der Waals surface area contributed by atoms with Crippen LogP contribution in [-0.4, -0.2) is 39.2 Å². The van der Waals surface area contributed by atoms with Crippen molar-refractivity contribution < 1.29 is 18.0 Å². The van der Waals surface area contributed by atoms with Gasteiger partial charge in [-0.15, -0.1) is 5.10 Å². The largest absolute Gasteiger partial charge is 0.418 e. The summed E-state index contributed by atoms with van der Waals surface area (Å²) in [6.45, 7) is 4.82. The maximum absolute atomic E-state index is 13.8. The molecule has 0 spiro atoms. The molecule has 11 heteroatoms. The second-order valence-electron chi connectivity index (χ2n) is 9.81. The predicted molar refractivity (Wildman–Crippen MR) is 135 cm³/mol. The number of hydrogen-bond acceptors (Lipinski definition) is 6. The average molecular weight is 512 g/mol. The van der Waals surface area contributed by atoms with Crippen LogP contribution in [0.4, 0.5) is 30.2 Å². The SMILES string of the molecule is CC(C)CNc1cc2c(cc1C(F)(F)F)NC(=O)CC(c1cccc(-n3nncc3CNC3CC3)c1)=N2. The third-order valence-corrected chi connectivity index (χ3v) is 6.19. The predicted octanol–water partition coefficient (Wildman–Crippen LogP) is 5.07. The van der Waals surface area contributed by atoms with E-state index in [9.17, 15) is 18.0 Å². The second kappa shape index (κ2) is 9.97. The number of aliphatic imine (C=N–C) groups is 1. The molecule has 2 aromatic carbocycles. The first-order chi connectivity index (χ1) is 17.7. The normalized spacial score (nSPS) is 15.7. The smallest absolute Gasteiger partial charge is 0.384 e. The summed E-state index contributed by atoms with van der Waals surface area (Å²) in [5.74, 6) is -0.295. The lowest BCUT2D eigenvalue weighted by atomic mass is 10.1. The number of carbonyl (C=O) groups excluding carboxylic acids is 1. The van der Waals surface area contributed by atoms with Crippen molar-refractivity contribution >= 4 is 28.7 Å². The third-order valence-electron chi connectivity index (χ3n) is 6.19. The zero-order valence-corrected chi connectivity index (χ0v) is 20.6. The number of aromatic nitrogens is 3. The second-order valence-corrected chi connectivity index (χ2v) is 9.81. The zero-order chi connectivity index (χ0) is 26.2. The number of anilines is 2. The fourth-order valence-electron chi connectivity index (χ4n) is 4.12. The first kappa shape index (κ1) is 24.9. The molecule has 194 valence electrons. The zero-order valence-electron chi connectivity index (χ0n) is 20.6. The average Bonchev–Trinajstić information content (AvgIpc) is 3.59. The van der Waals surface area contributed by atoms with Gasteiger partial charge < -0.3 is 16.0 Å². The van der Waals surface area contributed by atoms with Crippen LogP contribution >= 0.6 is 0 Å². The van der Waals surface area contributed by atoms with Gasteiger partial charge in [0.25, 0.3) is 0 Å². The first-order valence-corrected chi connectivity index (χ1v) is 12.3. The molecule has 0 radical (unpaired) electrons. The van der Waals surface area contributed by atoms with Gasteiger partial charge in [-0.2, -0.15) is 13.2 Å². The highest BCUT2D eigenvalue weighted by molar-refractivity contribution is 6.17. The van der Waals surface area contributed by atoms with Gasteiger partial charge in [-0.05, 0) is 48.6 Å². The Balaban J connectivity index is 1.51. The fourth-order valence-corrected chi connectivity index (χ4v) is 4.12. The van der Waals surface area contributed by atoms with E-state index in [0.717, 1.165) is 17.4 Å². The molecule has 1 fully saturated rings. The van der Waals surface area contributed by atoms with Crippen molar-refractivity contribution in [1.82, 2.24) is 20.3 Å². The lowest BCUT2D eigenvalue weighted by Gasteiger charge is -2.18. The molecule has 8 nitrogen and oxygen atoms in total. The molecule has 0 saturated heterocycles. The summed E-state index contributed by atoms with van der Waals surface area (Å²) < 4.78 is 43.1. The van der Waals surface area contributed by atoms with E-state index in [1.165, 1.54) is 18.9 Å². The number of halogens is 3. The van der Waals surface area contributed by atoms with Crippen LogP contribution < -0.4 is 16.0 Å². The minimum atomic E-state index is -4.59. The van der Waals surface area contributed by atoms with Gasteiger partial charge in [0.15, 0.2) is 0 Å². The molecule has 3 aromatic rings. The van der Waals surface area contributed by atoms with E-state index in [4.69, 9.17) is 0 Å². The molecular formula is C26H28F3N7O. The lowest BCUT2D eigenvalue weighted by molar-refractivity contribution is -0.137. The molecule has 37 heavy (non-hydrogen) atoms. The number of amides is 1. The van der Waals surface area contributed by atoms with Gasteiger partial charge in [0, 0.05) is 24.8 Å². The van der Waals surface area contributed by atoms with E-state index in [1.807, 2.05) is 38.1 Å². The molecule has 1 aliphatic heterocycles. The Morgan fingerprint density at radius 3 is 2.73 bits per heavy atom. The Hall–Kier alpha value is -3.73. The van der Waals surface area contributed by atoms with Crippen molar-refractivity contribution in [2.24, 2.45) is 10.9 Å². The maximum Gasteiger partial charge on any atom is 0.418 e. The topological polar surface area (TPSA) is 96.2 Å². The highest BCUT2D eigenvalue weighted by Crippen LogP contribution is 2.42. The minimum absolute atomic E-state index is 0.0308. The van der Waals surface area contributed by atoms with Gasteiger partial charge >= 0.3 is 6.18 Å². The maximum atomic E-state index is 13.8. The minimum Gasteiger partial charge on any atom is -0.384 e. The van der Waals surface area contributed by atoms with Crippen molar-refractivity contribution in [3.63, 3.8) is 0 Å². The van der Waals surface area contributed by atoms with Crippen molar-refractivity contribution in [2.75, 3.05) is 17.2 Å². The Morgan fingerprint density at radius 1 is 1.19 bits per heavy atom. The summed E-state index contributed by atoms with van der Waals surface area (Å²) in [6.07, 6.45) is -0.629. The number of carbonyl (C=O) groups is 1. The van der Waals surface area contributed by atoms with Gasteiger partial charge in [-0.25, -0.2) is 4.68 Å². The third kappa shape index (κ3) is 5.82. The lowest BCUT2D eigenvalue weighted by Crippen LogP contribution is -2.18. The molecule has 0 unspecified atom stereocenters. The Labute approximate surface area is 212 Å². The number of alkyl halides is 3. The van der Waals surface area contributed by atoms with Gasteiger partial charge in [0.05, 0.1) is 46.6 Å². The molecule has 1 aliphatic carbocycles. The molecule has 2 heterocycles. The molecule has 2 aliphatic rings. The monoisotopic (exact) mass is 511 g/mol. The van der Waals surface area contributed by atoms with Crippen LogP contribution in [0.15, 0.2) is 47.6 Å². The van der Waals surface area contributed by atoms with Crippen LogP contribution in [0.25, 0.3) is 5.69 Å².